The summed E-state index contributed by atoms with van der Waals surface area (Å²) >= 11 is 0. The minimum Gasteiger partial charge on any atom is -0.496 e. The van der Waals surface area contributed by atoms with E-state index in [0.29, 0.717) is 56.8 Å². The maximum Gasteiger partial charge on any atom is 0.242 e. The smallest absolute Gasteiger partial charge is 0.242 e. The number of carbonyl (C=O) groups excluding carboxylic acids is 2. The average molecular weight is 1080 g/mol. The standard InChI is InChI=1S/C67H69N3O10/c1-8-23-70-60(71)66-56-52-53(63(29-74-3)38-24-37(62(52,63)28-73-2)46-35-19-20-36(47(38)46)43(35)34(26-68)27-69)57(79-56)67(66,61(70)72)59-55-54(58(66)80-59)64(30-75-4)39-25-40(65(55,64)31-76-5)49-45(33-17-13-10-14-18-33)51-42(78-7)22-21-41(77-6)50(51)44(48(39)49)32-15-11-9-12-16-32/h9-18,21-22,35-40,46-47,52-59H,8,19-20,23-25,28-31H2,1-7H3. The lowest BCUT2D eigenvalue weighted by Crippen LogP contribution is -2.85. The Morgan fingerprint density at radius 3 is 1.35 bits per heavy atom. The zero-order valence-corrected chi connectivity index (χ0v) is 46.7. The highest BCUT2D eigenvalue weighted by molar-refractivity contribution is 6.15. The van der Waals surface area contributed by atoms with E-state index >= 15 is 9.59 Å². The van der Waals surface area contributed by atoms with Gasteiger partial charge in [-0.15, -0.1) is 0 Å². The van der Waals surface area contributed by atoms with Crippen LogP contribution < -0.4 is 9.47 Å². The van der Waals surface area contributed by atoms with Crippen LogP contribution >= 0.6 is 0 Å². The predicted octanol–water partition coefficient (Wildman–Crippen LogP) is 9.38. The van der Waals surface area contributed by atoms with Crippen molar-refractivity contribution in [2.75, 3.05) is 75.6 Å². The molecule has 13 aliphatic rings. The molecule has 22 unspecified atom stereocenters. The van der Waals surface area contributed by atoms with Gasteiger partial charge in [-0.25, -0.2) is 0 Å². The lowest BCUT2D eigenvalue weighted by molar-refractivity contribution is -0.330. The average Bonchev–Trinajstić information content (AvgIpc) is 1.49. The van der Waals surface area contributed by atoms with E-state index in [1.165, 1.54) is 11.1 Å². The van der Waals surface area contributed by atoms with E-state index in [0.717, 1.165) is 75.8 Å². The molecule has 12 fully saturated rings. The molecule has 10 bridgehead atoms. The highest BCUT2D eigenvalue weighted by Crippen LogP contribution is 2.98. The monoisotopic (exact) mass is 1080 g/mol. The van der Waals surface area contributed by atoms with Gasteiger partial charge in [-0.3, -0.25) is 14.5 Å². The summed E-state index contributed by atoms with van der Waals surface area (Å²) < 4.78 is 55.3. The number of hydrogen-bond donors (Lipinski definition) is 0. The second kappa shape index (κ2) is 15.9. The largest absolute Gasteiger partial charge is 0.496 e. The molecule has 22 atom stereocenters. The molecule has 2 amide bonds. The van der Waals surface area contributed by atoms with Crippen molar-refractivity contribution < 1.29 is 47.5 Å². The molecule has 0 radical (unpaired) electrons. The van der Waals surface area contributed by atoms with Crippen LogP contribution in [0.4, 0.5) is 0 Å². The number of fused-ring (bicyclic) bond motifs is 35. The first kappa shape index (κ1) is 49.0. The molecule has 0 N–H and O–H groups in total. The maximum atomic E-state index is 16.7. The summed E-state index contributed by atoms with van der Waals surface area (Å²) in [6, 6.07) is 30.2. The summed E-state index contributed by atoms with van der Waals surface area (Å²) in [7, 11) is 10.8. The first-order chi connectivity index (χ1) is 39.1. The van der Waals surface area contributed by atoms with Gasteiger partial charge in [0, 0.05) is 91.1 Å². The number of methoxy groups -OCH3 is 6. The molecular weight excluding hydrogens is 1010 g/mol. The summed E-state index contributed by atoms with van der Waals surface area (Å²) in [4.78, 5) is 35.0. The molecule has 5 aliphatic heterocycles. The molecule has 8 aliphatic carbocycles. The van der Waals surface area contributed by atoms with Crippen LogP contribution in [0.2, 0.25) is 0 Å². The molecule has 7 saturated carbocycles. The zero-order valence-electron chi connectivity index (χ0n) is 46.7. The van der Waals surface area contributed by atoms with Gasteiger partial charge in [0.1, 0.15) is 40.0 Å². The zero-order chi connectivity index (χ0) is 54.5. The van der Waals surface area contributed by atoms with Crippen molar-refractivity contribution in [3.8, 4) is 45.9 Å². The fraction of sp³-hybridized carbons (Fsp3) is 0.582. The molecule has 5 heterocycles. The molecule has 0 spiro atoms. The third kappa shape index (κ3) is 4.49. The van der Waals surface area contributed by atoms with E-state index < -0.39 is 56.9 Å². The molecule has 80 heavy (non-hydrogen) atoms. The second-order valence-electron chi connectivity index (χ2n) is 26.8. The lowest BCUT2D eigenvalue weighted by atomic mass is 9.22. The number of carbonyl (C=O) groups is 2. The Morgan fingerprint density at radius 2 is 0.975 bits per heavy atom. The summed E-state index contributed by atoms with van der Waals surface area (Å²) in [5.74, 6) is 1.95. The normalized spacial score (nSPS) is 45.4. The van der Waals surface area contributed by atoms with Crippen molar-refractivity contribution >= 4 is 22.6 Å². The van der Waals surface area contributed by atoms with Gasteiger partial charge in [0.15, 0.2) is 0 Å². The minimum absolute atomic E-state index is 0.0658. The Bertz CT molecular complexity index is 3340. The number of likely N-dealkylation sites (tertiary alicyclic amines) is 1. The third-order valence-electron chi connectivity index (χ3n) is 26.1. The minimum atomic E-state index is -1.28. The highest BCUT2D eigenvalue weighted by Gasteiger charge is 3.05. The number of ether oxygens (including phenoxy) is 8. The number of nitrogens with zero attached hydrogens (tertiary/aromatic N) is 3. The van der Waals surface area contributed by atoms with Crippen LogP contribution in [0.5, 0.6) is 11.5 Å². The Hall–Kier alpha value is -5.64. The Kier molecular flexibility index (Phi) is 9.75. The molecule has 0 aromatic heterocycles. The summed E-state index contributed by atoms with van der Waals surface area (Å²) in [6.07, 6.45) is 1.99. The molecule has 412 valence electrons. The van der Waals surface area contributed by atoms with Crippen molar-refractivity contribution in [3.05, 3.63) is 95.1 Å². The van der Waals surface area contributed by atoms with Crippen molar-refractivity contribution in [2.24, 2.45) is 91.7 Å². The van der Waals surface area contributed by atoms with E-state index in [1.807, 2.05) is 40.6 Å². The first-order valence-corrected chi connectivity index (χ1v) is 29.7. The topological polar surface area (TPSA) is 159 Å². The summed E-state index contributed by atoms with van der Waals surface area (Å²) in [5.41, 5.74) is 3.79. The Morgan fingerprint density at radius 1 is 0.575 bits per heavy atom. The van der Waals surface area contributed by atoms with Crippen molar-refractivity contribution in [1.29, 1.82) is 10.5 Å². The number of allylic oxidation sites excluding steroid dienone is 2. The molecule has 5 saturated heterocycles. The van der Waals surface area contributed by atoms with Gasteiger partial charge >= 0.3 is 0 Å². The van der Waals surface area contributed by atoms with Gasteiger partial charge in [-0.1, -0.05) is 67.6 Å². The van der Waals surface area contributed by atoms with Crippen LogP contribution in [0.1, 0.15) is 62.0 Å². The van der Waals surface area contributed by atoms with Gasteiger partial charge in [-0.2, -0.15) is 10.5 Å². The van der Waals surface area contributed by atoms with Crippen LogP contribution in [0.3, 0.4) is 0 Å². The highest BCUT2D eigenvalue weighted by atomic mass is 16.6. The van der Waals surface area contributed by atoms with Crippen LogP contribution in [0.15, 0.2) is 83.9 Å². The Labute approximate surface area is 467 Å². The number of rotatable bonds is 14. The van der Waals surface area contributed by atoms with Gasteiger partial charge in [0.25, 0.3) is 0 Å². The van der Waals surface area contributed by atoms with Gasteiger partial charge < -0.3 is 37.9 Å². The van der Waals surface area contributed by atoms with Crippen LogP contribution in [0, 0.1) is 114 Å². The number of benzene rings is 4. The lowest BCUT2D eigenvalue weighted by Gasteiger charge is -2.78. The van der Waals surface area contributed by atoms with Crippen molar-refractivity contribution in [3.63, 3.8) is 0 Å². The van der Waals surface area contributed by atoms with E-state index in [9.17, 15) is 10.5 Å². The van der Waals surface area contributed by atoms with Gasteiger partial charge in [-0.05, 0) is 131 Å². The number of nitriles is 2. The molecule has 13 nitrogen and oxygen atoms in total. The number of hydrogen-bond acceptors (Lipinski definition) is 12. The van der Waals surface area contributed by atoms with E-state index in [4.69, 9.17) is 37.9 Å². The molecule has 13 heteroatoms. The van der Waals surface area contributed by atoms with Gasteiger partial charge in [0.05, 0.1) is 65.1 Å². The van der Waals surface area contributed by atoms with Crippen LogP contribution in [0.25, 0.3) is 33.0 Å². The quantitative estimate of drug-likeness (QED) is 0.0511. The van der Waals surface area contributed by atoms with E-state index in [-0.39, 0.29) is 71.0 Å². The maximum absolute atomic E-state index is 16.7. The fourth-order valence-corrected chi connectivity index (χ4v) is 25.5. The first-order valence-electron chi connectivity index (χ1n) is 29.7. The van der Waals surface area contributed by atoms with Crippen LogP contribution in [-0.2, 0) is 38.0 Å². The van der Waals surface area contributed by atoms with E-state index in [2.05, 4.69) is 79.7 Å². The SMILES string of the molecule is CCCN1C(=O)C23C4OC(C5C4C4(COC)C6CC(c7c6c(-c6ccccc6)c6c(OC)ccc(OC)c6c7-c6ccccc6)C54COC)C2(C1=O)C1OC3C2C1C1(COC)C3CC(C4C5CCC(C5=C(C#N)C#N)C43)C21COC. The van der Waals surface area contributed by atoms with Crippen molar-refractivity contribution in [1.82, 2.24) is 4.90 Å². The second-order valence-corrected chi connectivity index (χ2v) is 26.8. The van der Waals surface area contributed by atoms with Crippen molar-refractivity contribution in [2.45, 2.75) is 75.3 Å². The molecule has 4 aromatic rings. The fourth-order valence-electron chi connectivity index (χ4n) is 25.5. The van der Waals surface area contributed by atoms with Gasteiger partial charge in [0.2, 0.25) is 11.8 Å². The van der Waals surface area contributed by atoms with E-state index in [1.54, 1.807) is 19.1 Å². The summed E-state index contributed by atoms with van der Waals surface area (Å²) in [5, 5.41) is 22.9. The molecule has 17 rings (SSSR count). The molecule has 4 aromatic carbocycles. The number of amides is 2. The third-order valence-corrected chi connectivity index (χ3v) is 26.1. The molecular formula is C67H69N3O10. The number of imide groups is 1. The summed E-state index contributed by atoms with van der Waals surface area (Å²) in [6.45, 7) is 4.21. The Balaban J connectivity index is 0.915. The van der Waals surface area contributed by atoms with Crippen LogP contribution in [-0.4, -0.2) is 117 Å². The predicted molar refractivity (Wildman–Crippen MR) is 291 cm³/mol.